The Morgan fingerprint density at radius 3 is 2.32 bits per heavy atom. The summed E-state index contributed by atoms with van der Waals surface area (Å²) in [4.78, 5) is 0. The van der Waals surface area contributed by atoms with Crippen LogP contribution >= 0.6 is 0 Å². The lowest BCUT2D eigenvalue weighted by atomic mass is 9.44. The minimum Gasteiger partial charge on any atom is -0.396 e. The van der Waals surface area contributed by atoms with E-state index in [1.807, 2.05) is 0 Å². The van der Waals surface area contributed by atoms with Crippen LogP contribution in [0.15, 0.2) is 30.3 Å². The van der Waals surface area contributed by atoms with Gasteiger partial charge in [-0.05, 0) is 73.2 Å². The summed E-state index contributed by atoms with van der Waals surface area (Å²) < 4.78 is 0. The molecule has 4 saturated carbocycles. The van der Waals surface area contributed by atoms with E-state index in [0.29, 0.717) is 12.0 Å². The molecule has 4 aliphatic rings. The van der Waals surface area contributed by atoms with Gasteiger partial charge in [-0.3, -0.25) is 0 Å². The maximum Gasteiger partial charge on any atom is 0.0433 e. The molecule has 4 aliphatic carbocycles. The highest BCUT2D eigenvalue weighted by Gasteiger charge is 2.55. The maximum atomic E-state index is 9.33. The summed E-state index contributed by atoms with van der Waals surface area (Å²) in [6.07, 6.45) is 8.12. The first-order valence-electron chi connectivity index (χ1n) is 7.97. The van der Waals surface area contributed by atoms with Crippen molar-refractivity contribution in [2.75, 3.05) is 6.61 Å². The van der Waals surface area contributed by atoms with Crippen molar-refractivity contribution in [2.24, 2.45) is 23.7 Å². The molecule has 102 valence electrons. The summed E-state index contributed by atoms with van der Waals surface area (Å²) in [6, 6.07) is 11.3. The fourth-order valence-electron chi connectivity index (χ4n) is 5.90. The van der Waals surface area contributed by atoms with Crippen molar-refractivity contribution in [2.45, 2.75) is 43.9 Å². The van der Waals surface area contributed by atoms with Crippen molar-refractivity contribution < 1.29 is 5.11 Å². The molecule has 4 bridgehead atoms. The standard InChI is InChI=1S/C18H24O/c19-7-6-17-14-8-13-9-15(17)12-18(10-13,11-14)16-4-2-1-3-5-16/h1-5,13-15,17,19H,6-12H2. The first-order valence-corrected chi connectivity index (χ1v) is 7.97. The average Bonchev–Trinajstić information content (AvgIpc) is 2.43. The predicted molar refractivity (Wildman–Crippen MR) is 76.9 cm³/mol. The van der Waals surface area contributed by atoms with Gasteiger partial charge in [0.05, 0.1) is 0 Å². The molecule has 0 aromatic heterocycles. The Balaban J connectivity index is 1.67. The van der Waals surface area contributed by atoms with Gasteiger partial charge in [0.15, 0.2) is 0 Å². The highest BCUT2D eigenvalue weighted by atomic mass is 16.3. The van der Waals surface area contributed by atoms with Gasteiger partial charge in [0.1, 0.15) is 0 Å². The van der Waals surface area contributed by atoms with Crippen LogP contribution in [0.5, 0.6) is 0 Å². The monoisotopic (exact) mass is 256 g/mol. The third-order valence-electron chi connectivity index (χ3n) is 6.32. The molecule has 19 heavy (non-hydrogen) atoms. The molecule has 0 radical (unpaired) electrons. The van der Waals surface area contributed by atoms with Gasteiger partial charge in [-0.2, -0.15) is 0 Å². The van der Waals surface area contributed by atoms with E-state index in [0.717, 1.165) is 30.1 Å². The lowest BCUT2D eigenvalue weighted by Crippen LogP contribution is -2.53. The summed E-state index contributed by atoms with van der Waals surface area (Å²) in [7, 11) is 0. The number of hydrogen-bond acceptors (Lipinski definition) is 1. The largest absolute Gasteiger partial charge is 0.396 e. The molecular formula is C18H24O. The minimum atomic E-state index is 0.390. The van der Waals surface area contributed by atoms with Crippen LogP contribution in [0.4, 0.5) is 0 Å². The van der Waals surface area contributed by atoms with Crippen molar-refractivity contribution in [3.05, 3.63) is 35.9 Å². The van der Waals surface area contributed by atoms with E-state index < -0.39 is 0 Å². The van der Waals surface area contributed by atoms with Gasteiger partial charge in [-0.1, -0.05) is 30.3 Å². The van der Waals surface area contributed by atoms with Crippen LogP contribution in [0.25, 0.3) is 0 Å². The Hall–Kier alpha value is -0.820. The van der Waals surface area contributed by atoms with E-state index in [1.54, 1.807) is 5.56 Å². The van der Waals surface area contributed by atoms with Crippen molar-refractivity contribution >= 4 is 0 Å². The van der Waals surface area contributed by atoms with Crippen LogP contribution in [0, 0.1) is 23.7 Å². The minimum absolute atomic E-state index is 0.390. The Kier molecular flexibility index (Phi) is 2.73. The summed E-state index contributed by atoms with van der Waals surface area (Å²) in [5.74, 6) is 3.56. The van der Waals surface area contributed by atoms with E-state index in [4.69, 9.17) is 0 Å². The van der Waals surface area contributed by atoms with E-state index in [2.05, 4.69) is 30.3 Å². The van der Waals surface area contributed by atoms with Crippen LogP contribution in [0.3, 0.4) is 0 Å². The first kappa shape index (κ1) is 12.0. The Morgan fingerprint density at radius 2 is 1.68 bits per heavy atom. The molecule has 1 nitrogen and oxygen atoms in total. The van der Waals surface area contributed by atoms with E-state index >= 15 is 0 Å². The van der Waals surface area contributed by atoms with Crippen molar-refractivity contribution in [1.82, 2.24) is 0 Å². The molecule has 5 rings (SSSR count). The molecule has 0 amide bonds. The molecule has 0 aliphatic heterocycles. The molecule has 2 atom stereocenters. The third-order valence-corrected chi connectivity index (χ3v) is 6.32. The van der Waals surface area contributed by atoms with Gasteiger partial charge in [-0.25, -0.2) is 0 Å². The van der Waals surface area contributed by atoms with E-state index in [1.165, 1.54) is 32.1 Å². The lowest BCUT2D eigenvalue weighted by molar-refractivity contribution is -0.0632. The highest BCUT2D eigenvalue weighted by Crippen LogP contribution is 2.63. The van der Waals surface area contributed by atoms with Gasteiger partial charge in [0.25, 0.3) is 0 Å². The first-order chi connectivity index (χ1) is 9.31. The second-order valence-corrected chi connectivity index (χ2v) is 7.29. The van der Waals surface area contributed by atoms with Gasteiger partial charge >= 0.3 is 0 Å². The summed E-state index contributed by atoms with van der Waals surface area (Å²) in [5.41, 5.74) is 2.08. The molecule has 0 heterocycles. The van der Waals surface area contributed by atoms with E-state index in [-0.39, 0.29) is 0 Å². The summed E-state index contributed by atoms with van der Waals surface area (Å²) in [6.45, 7) is 0.390. The number of rotatable bonds is 3. The fraction of sp³-hybridized carbons (Fsp3) is 0.667. The van der Waals surface area contributed by atoms with Crippen LogP contribution in [-0.2, 0) is 5.41 Å². The average molecular weight is 256 g/mol. The molecule has 2 unspecified atom stereocenters. The van der Waals surface area contributed by atoms with Gasteiger partial charge in [-0.15, -0.1) is 0 Å². The third kappa shape index (κ3) is 1.78. The van der Waals surface area contributed by atoms with Crippen molar-refractivity contribution in [1.29, 1.82) is 0 Å². The zero-order valence-electron chi connectivity index (χ0n) is 11.6. The normalized spacial score (nSPS) is 43.6. The zero-order valence-corrected chi connectivity index (χ0v) is 11.6. The fourth-order valence-corrected chi connectivity index (χ4v) is 5.90. The zero-order chi connectivity index (χ0) is 12.9. The molecule has 1 aromatic rings. The topological polar surface area (TPSA) is 20.2 Å². The molecule has 1 heteroatoms. The second kappa shape index (κ2) is 4.34. The summed E-state index contributed by atoms with van der Waals surface area (Å²) >= 11 is 0. The van der Waals surface area contributed by atoms with Crippen LogP contribution in [0.1, 0.15) is 44.1 Å². The smallest absolute Gasteiger partial charge is 0.0433 e. The molecular weight excluding hydrogens is 232 g/mol. The molecule has 1 N–H and O–H groups in total. The maximum absolute atomic E-state index is 9.33. The summed E-state index contributed by atoms with van der Waals surface area (Å²) in [5, 5.41) is 9.33. The SMILES string of the molecule is OCCC1C2CC3CC1CC(c1ccccc1)(C3)C2. The molecule has 4 fully saturated rings. The number of benzene rings is 1. The Morgan fingerprint density at radius 1 is 1.00 bits per heavy atom. The van der Waals surface area contributed by atoms with Crippen LogP contribution < -0.4 is 0 Å². The molecule has 1 aromatic carbocycles. The van der Waals surface area contributed by atoms with Crippen LogP contribution in [-0.4, -0.2) is 11.7 Å². The highest BCUT2D eigenvalue weighted by molar-refractivity contribution is 5.29. The van der Waals surface area contributed by atoms with Crippen molar-refractivity contribution in [3.8, 4) is 0 Å². The predicted octanol–water partition coefficient (Wildman–Crippen LogP) is 3.76. The molecule has 0 saturated heterocycles. The quantitative estimate of drug-likeness (QED) is 0.873. The molecule has 0 spiro atoms. The number of hydrogen-bond donors (Lipinski definition) is 1. The Labute approximate surface area is 116 Å². The Bertz CT molecular complexity index is 436. The number of aliphatic hydroxyl groups excluding tert-OH is 1. The van der Waals surface area contributed by atoms with Gasteiger partial charge in [0, 0.05) is 6.61 Å². The van der Waals surface area contributed by atoms with Gasteiger partial charge in [0.2, 0.25) is 0 Å². The second-order valence-electron chi connectivity index (χ2n) is 7.29. The van der Waals surface area contributed by atoms with Crippen molar-refractivity contribution in [3.63, 3.8) is 0 Å². The number of aliphatic hydroxyl groups is 1. The lowest BCUT2D eigenvalue weighted by Gasteiger charge is -2.60. The van der Waals surface area contributed by atoms with Gasteiger partial charge < -0.3 is 5.11 Å². The van der Waals surface area contributed by atoms with E-state index in [9.17, 15) is 5.11 Å². The van der Waals surface area contributed by atoms with Crippen LogP contribution in [0.2, 0.25) is 0 Å².